The summed E-state index contributed by atoms with van der Waals surface area (Å²) >= 11 is 0. The lowest BCUT2D eigenvalue weighted by Crippen LogP contribution is -2.21. The average molecular weight is 625 g/mol. The summed E-state index contributed by atoms with van der Waals surface area (Å²) in [6.07, 6.45) is 1.59. The predicted octanol–water partition coefficient (Wildman–Crippen LogP) is 9.52. The van der Waals surface area contributed by atoms with Gasteiger partial charge in [0.05, 0.1) is 13.2 Å². The van der Waals surface area contributed by atoms with Crippen molar-refractivity contribution in [1.82, 2.24) is 0 Å². The van der Waals surface area contributed by atoms with Gasteiger partial charge in [-0.25, -0.2) is 0 Å². The van der Waals surface area contributed by atoms with Crippen LogP contribution in [0, 0.1) is 0 Å². The summed E-state index contributed by atoms with van der Waals surface area (Å²) in [5.41, 5.74) is 8.44. The minimum absolute atomic E-state index is 0.0460. The number of fused-ring (bicyclic) bond motifs is 2. The van der Waals surface area contributed by atoms with Gasteiger partial charge in [0, 0.05) is 16.5 Å². The molecule has 240 valence electrons. The van der Waals surface area contributed by atoms with Gasteiger partial charge in [0.2, 0.25) is 0 Å². The summed E-state index contributed by atoms with van der Waals surface area (Å²) in [7, 11) is 0. The van der Waals surface area contributed by atoms with Gasteiger partial charge >= 0.3 is 0 Å². The molecule has 0 bridgehead atoms. The molecule has 4 heteroatoms. The fourth-order valence-electron chi connectivity index (χ4n) is 6.57. The van der Waals surface area contributed by atoms with E-state index in [4.69, 9.17) is 9.47 Å². The molecule has 2 N–H and O–H groups in total. The number of ether oxygens (including phenoxy) is 2. The minimum Gasteiger partial charge on any atom is -0.490 e. The van der Waals surface area contributed by atoms with Crippen LogP contribution in [-0.4, -0.2) is 36.6 Å². The van der Waals surface area contributed by atoms with E-state index in [0.717, 1.165) is 57.7 Å². The molecule has 0 aliphatic carbocycles. The summed E-state index contributed by atoms with van der Waals surface area (Å²) < 4.78 is 12.5. The summed E-state index contributed by atoms with van der Waals surface area (Å²) in [5, 5.41) is 24.1. The molecule has 47 heavy (non-hydrogen) atoms. The van der Waals surface area contributed by atoms with Crippen LogP contribution in [-0.2, 0) is 18.3 Å². The zero-order valence-electron chi connectivity index (χ0n) is 27.8. The van der Waals surface area contributed by atoms with Gasteiger partial charge in [-0.2, -0.15) is 0 Å². The highest BCUT2D eigenvalue weighted by Gasteiger charge is 2.29. The maximum atomic E-state index is 9.68. The SMILES string of the molecule is CCc1cc(C(C)(C)c2cc(CC)c(OCCO)c(-c3ccc4ccccc4c3)c2)cc(-c2ccc3ccccc3c2)c1OCCO. The van der Waals surface area contributed by atoms with Gasteiger partial charge in [-0.1, -0.05) is 113 Å². The fourth-order valence-corrected chi connectivity index (χ4v) is 6.57. The van der Waals surface area contributed by atoms with Gasteiger partial charge in [-0.05, 0) is 92.0 Å². The molecule has 0 heterocycles. The quantitative estimate of drug-likeness (QED) is 0.142. The summed E-state index contributed by atoms with van der Waals surface area (Å²) in [6.45, 7) is 9.26. The Kier molecular flexibility index (Phi) is 9.63. The monoisotopic (exact) mass is 624 g/mol. The van der Waals surface area contributed by atoms with Crippen LogP contribution in [0.25, 0.3) is 43.8 Å². The molecular weight excluding hydrogens is 580 g/mol. The van der Waals surface area contributed by atoms with Gasteiger partial charge in [-0.3, -0.25) is 0 Å². The van der Waals surface area contributed by atoms with E-state index in [1.165, 1.54) is 32.7 Å². The molecule has 0 amide bonds. The van der Waals surface area contributed by atoms with Crippen LogP contribution < -0.4 is 9.47 Å². The normalized spacial score (nSPS) is 11.7. The molecule has 0 fully saturated rings. The Morgan fingerprint density at radius 3 is 1.30 bits per heavy atom. The van der Waals surface area contributed by atoms with Gasteiger partial charge in [-0.15, -0.1) is 0 Å². The van der Waals surface area contributed by atoms with E-state index in [1.54, 1.807) is 0 Å². The lowest BCUT2D eigenvalue weighted by atomic mass is 9.74. The Labute approximate surface area is 278 Å². The third-order valence-corrected chi connectivity index (χ3v) is 9.33. The van der Waals surface area contributed by atoms with E-state index in [-0.39, 0.29) is 31.8 Å². The highest BCUT2D eigenvalue weighted by atomic mass is 16.5. The van der Waals surface area contributed by atoms with Crippen molar-refractivity contribution in [1.29, 1.82) is 0 Å². The van der Waals surface area contributed by atoms with Gasteiger partial charge in [0.15, 0.2) is 0 Å². The minimum atomic E-state index is -0.379. The van der Waals surface area contributed by atoms with Crippen LogP contribution in [0.3, 0.4) is 0 Å². The smallest absolute Gasteiger partial charge is 0.130 e. The first-order valence-electron chi connectivity index (χ1n) is 16.7. The number of aryl methyl sites for hydroxylation is 2. The largest absolute Gasteiger partial charge is 0.490 e. The number of hydrogen-bond donors (Lipinski definition) is 2. The molecule has 0 saturated heterocycles. The summed E-state index contributed by atoms with van der Waals surface area (Å²) in [4.78, 5) is 0. The second-order valence-corrected chi connectivity index (χ2v) is 12.6. The van der Waals surface area contributed by atoms with Crippen molar-refractivity contribution in [2.45, 2.75) is 46.0 Å². The highest BCUT2D eigenvalue weighted by molar-refractivity contribution is 5.90. The van der Waals surface area contributed by atoms with Crippen LogP contribution in [0.1, 0.15) is 49.9 Å². The van der Waals surface area contributed by atoms with E-state index in [0.29, 0.717) is 0 Å². The maximum Gasteiger partial charge on any atom is 0.130 e. The van der Waals surface area contributed by atoms with Crippen molar-refractivity contribution < 1.29 is 19.7 Å². The maximum absolute atomic E-state index is 9.68. The molecule has 6 aromatic rings. The fraction of sp³-hybridized carbons (Fsp3) is 0.256. The van der Waals surface area contributed by atoms with Crippen LogP contribution in [0.5, 0.6) is 11.5 Å². The second kappa shape index (κ2) is 14.0. The molecule has 0 saturated carbocycles. The molecule has 0 aliphatic heterocycles. The van der Waals surface area contributed by atoms with Crippen LogP contribution in [0.4, 0.5) is 0 Å². The molecule has 0 atom stereocenters. The first kappa shape index (κ1) is 32.3. The number of aliphatic hydroxyl groups is 2. The Morgan fingerprint density at radius 1 is 0.511 bits per heavy atom. The van der Waals surface area contributed by atoms with Gasteiger partial charge in [0.1, 0.15) is 24.7 Å². The molecule has 0 radical (unpaired) electrons. The van der Waals surface area contributed by atoms with E-state index in [1.807, 2.05) is 0 Å². The first-order chi connectivity index (χ1) is 22.9. The number of rotatable bonds is 12. The van der Waals surface area contributed by atoms with Crippen molar-refractivity contribution in [2.75, 3.05) is 26.4 Å². The number of aliphatic hydroxyl groups excluding tert-OH is 2. The highest BCUT2D eigenvalue weighted by Crippen LogP contribution is 2.45. The molecular formula is C43H44O4. The predicted molar refractivity (Wildman–Crippen MR) is 195 cm³/mol. The standard InChI is InChI=1S/C43H44O4/c1-5-29-25-37(27-39(41(29)46-21-19-44)35-17-15-31-11-7-9-13-33(31)23-35)43(3,4)38-26-30(6-2)42(47-22-20-45)40(28-38)36-18-16-32-12-8-10-14-34(32)24-36/h7-18,23-28,44-45H,5-6,19-22H2,1-4H3. The molecule has 6 aromatic carbocycles. The molecule has 4 nitrogen and oxygen atoms in total. The molecule has 0 aromatic heterocycles. The third-order valence-electron chi connectivity index (χ3n) is 9.33. The van der Waals surface area contributed by atoms with Crippen molar-refractivity contribution in [3.63, 3.8) is 0 Å². The Hall–Kier alpha value is -4.64. The van der Waals surface area contributed by atoms with E-state index >= 15 is 0 Å². The Morgan fingerprint density at radius 2 is 0.915 bits per heavy atom. The van der Waals surface area contributed by atoms with Crippen molar-refractivity contribution in [3.05, 3.63) is 131 Å². The number of benzene rings is 6. The summed E-state index contributed by atoms with van der Waals surface area (Å²) in [5.74, 6) is 1.66. The van der Waals surface area contributed by atoms with Crippen molar-refractivity contribution in [2.24, 2.45) is 0 Å². The third kappa shape index (κ3) is 6.49. The molecule has 0 spiro atoms. The van der Waals surface area contributed by atoms with Crippen LogP contribution in [0.2, 0.25) is 0 Å². The topological polar surface area (TPSA) is 58.9 Å². The lowest BCUT2D eigenvalue weighted by molar-refractivity contribution is 0.201. The van der Waals surface area contributed by atoms with E-state index in [2.05, 4.69) is 137 Å². The molecule has 6 rings (SSSR count). The van der Waals surface area contributed by atoms with Crippen LogP contribution in [0.15, 0.2) is 109 Å². The lowest BCUT2D eigenvalue weighted by Gasteiger charge is -2.30. The van der Waals surface area contributed by atoms with Crippen LogP contribution >= 0.6 is 0 Å². The summed E-state index contributed by atoms with van der Waals surface area (Å²) in [6, 6.07) is 39.0. The van der Waals surface area contributed by atoms with Crippen molar-refractivity contribution in [3.8, 4) is 33.8 Å². The van der Waals surface area contributed by atoms with Crippen molar-refractivity contribution >= 4 is 21.5 Å². The van der Waals surface area contributed by atoms with E-state index in [9.17, 15) is 10.2 Å². The molecule has 0 aliphatic rings. The zero-order chi connectivity index (χ0) is 33.0. The second-order valence-electron chi connectivity index (χ2n) is 12.6. The Bertz CT molecular complexity index is 1880. The number of hydrogen-bond acceptors (Lipinski definition) is 4. The Balaban J connectivity index is 1.55. The first-order valence-corrected chi connectivity index (χ1v) is 16.7. The van der Waals surface area contributed by atoms with E-state index < -0.39 is 0 Å². The van der Waals surface area contributed by atoms with Gasteiger partial charge < -0.3 is 19.7 Å². The molecule has 0 unspecified atom stereocenters. The van der Waals surface area contributed by atoms with Gasteiger partial charge in [0.25, 0.3) is 0 Å². The average Bonchev–Trinajstić information content (AvgIpc) is 3.11. The zero-order valence-corrected chi connectivity index (χ0v) is 27.8.